The Kier molecular flexibility index (Phi) is 4.58. The van der Waals surface area contributed by atoms with Gasteiger partial charge in [-0.15, -0.1) is 0 Å². The first kappa shape index (κ1) is 18.5. The second-order valence-electron chi connectivity index (χ2n) is 7.50. The highest BCUT2D eigenvalue weighted by Gasteiger charge is 2.52. The van der Waals surface area contributed by atoms with Gasteiger partial charge < -0.3 is 18.9 Å². The van der Waals surface area contributed by atoms with Crippen LogP contribution in [-0.2, 0) is 20.2 Å². The first-order valence-corrected chi connectivity index (χ1v) is 8.40. The summed E-state index contributed by atoms with van der Waals surface area (Å²) in [5.74, 6) is 0. The van der Waals surface area contributed by atoms with Gasteiger partial charge in [-0.25, -0.2) is 0 Å². The Morgan fingerprint density at radius 2 is 1.52 bits per heavy atom. The normalized spacial score (nSPS) is 23.2. The molecule has 0 saturated carbocycles. The highest BCUT2D eigenvalue weighted by molar-refractivity contribution is 6.62. The Morgan fingerprint density at radius 1 is 0.960 bits per heavy atom. The van der Waals surface area contributed by atoms with E-state index in [0.717, 1.165) is 6.07 Å². The van der Waals surface area contributed by atoms with E-state index in [0.29, 0.717) is 37.5 Å². The molecule has 138 valence electrons. The first-order valence-electron chi connectivity index (χ1n) is 8.40. The minimum Gasteiger partial charge on any atom is -0.399 e. The minimum atomic E-state index is -4.43. The molecule has 2 heterocycles. The molecule has 8 heteroatoms. The monoisotopic (exact) mass is 357 g/mol. The van der Waals surface area contributed by atoms with Gasteiger partial charge in [0.25, 0.3) is 0 Å². The predicted octanol–water partition coefficient (Wildman–Crippen LogP) is 2.84. The van der Waals surface area contributed by atoms with Crippen LogP contribution in [0.3, 0.4) is 0 Å². The number of alkyl halides is 3. The van der Waals surface area contributed by atoms with Gasteiger partial charge in [0.2, 0.25) is 0 Å². The smallest absolute Gasteiger partial charge is 0.399 e. The van der Waals surface area contributed by atoms with Crippen molar-refractivity contribution in [3.63, 3.8) is 0 Å². The highest BCUT2D eigenvalue weighted by Crippen LogP contribution is 2.38. The van der Waals surface area contributed by atoms with Crippen LogP contribution in [0.1, 0.15) is 33.3 Å². The van der Waals surface area contributed by atoms with Crippen LogP contribution < -0.4 is 10.4 Å². The Hall–Kier alpha value is -1.25. The standard InChI is InChI=1S/C17H23BF3NO3/c1-15(2)16(3,4)25-18(24-15)13-9-12(17(19,20)21)10-14(11-13)22-5-7-23-8-6-22/h9-11H,5-8H2,1-4H3. The number of anilines is 1. The number of nitrogens with zero attached hydrogens (tertiary/aromatic N) is 1. The summed E-state index contributed by atoms with van der Waals surface area (Å²) in [6.45, 7) is 9.64. The van der Waals surface area contributed by atoms with Crippen LogP contribution in [0.5, 0.6) is 0 Å². The summed E-state index contributed by atoms with van der Waals surface area (Å²) >= 11 is 0. The zero-order valence-electron chi connectivity index (χ0n) is 14.9. The second kappa shape index (κ2) is 6.18. The number of halogens is 3. The Bertz CT molecular complexity index is 627. The lowest BCUT2D eigenvalue weighted by atomic mass is 9.78. The van der Waals surface area contributed by atoms with Crippen LogP contribution in [0.25, 0.3) is 0 Å². The third-order valence-electron chi connectivity index (χ3n) is 5.17. The molecule has 1 aromatic carbocycles. The molecule has 4 nitrogen and oxygen atoms in total. The molecule has 25 heavy (non-hydrogen) atoms. The average molecular weight is 357 g/mol. The van der Waals surface area contributed by atoms with E-state index in [1.807, 2.05) is 32.6 Å². The molecule has 2 aliphatic rings. The third kappa shape index (κ3) is 3.66. The zero-order valence-corrected chi connectivity index (χ0v) is 14.9. The Balaban J connectivity index is 1.98. The molecule has 0 unspecified atom stereocenters. The van der Waals surface area contributed by atoms with Crippen molar-refractivity contribution < 1.29 is 27.2 Å². The summed E-state index contributed by atoms with van der Waals surface area (Å²) in [4.78, 5) is 1.90. The van der Waals surface area contributed by atoms with Gasteiger partial charge in [0.15, 0.2) is 0 Å². The summed E-state index contributed by atoms with van der Waals surface area (Å²) in [5.41, 5.74) is -1.00. The van der Waals surface area contributed by atoms with Crippen molar-refractivity contribution in [3.05, 3.63) is 23.8 Å². The van der Waals surface area contributed by atoms with E-state index in [1.54, 1.807) is 6.07 Å². The SMILES string of the molecule is CC1(C)OB(c2cc(N3CCOCC3)cc(C(F)(F)F)c2)OC1(C)C. The summed E-state index contributed by atoms with van der Waals surface area (Å²) in [7, 11) is -0.827. The summed E-state index contributed by atoms with van der Waals surface area (Å²) < 4.78 is 57.3. The third-order valence-corrected chi connectivity index (χ3v) is 5.17. The number of hydrogen-bond donors (Lipinski definition) is 0. The average Bonchev–Trinajstić information content (AvgIpc) is 2.75. The van der Waals surface area contributed by atoms with Crippen molar-refractivity contribution in [1.29, 1.82) is 0 Å². The van der Waals surface area contributed by atoms with Crippen LogP contribution in [-0.4, -0.2) is 44.6 Å². The molecular weight excluding hydrogens is 334 g/mol. The number of benzene rings is 1. The topological polar surface area (TPSA) is 30.9 Å². The van der Waals surface area contributed by atoms with Crippen LogP contribution >= 0.6 is 0 Å². The van der Waals surface area contributed by atoms with E-state index in [-0.39, 0.29) is 0 Å². The molecule has 3 rings (SSSR count). The number of morpholine rings is 1. The van der Waals surface area contributed by atoms with Gasteiger partial charge in [0.1, 0.15) is 0 Å². The lowest BCUT2D eigenvalue weighted by molar-refractivity contribution is -0.137. The van der Waals surface area contributed by atoms with Gasteiger partial charge in [0.05, 0.1) is 30.0 Å². The van der Waals surface area contributed by atoms with Crippen molar-refractivity contribution in [1.82, 2.24) is 0 Å². The Labute approximate surface area is 146 Å². The highest BCUT2D eigenvalue weighted by atomic mass is 19.4. The molecule has 2 saturated heterocycles. The molecule has 0 N–H and O–H groups in total. The van der Waals surface area contributed by atoms with Crippen molar-refractivity contribution >= 4 is 18.3 Å². The van der Waals surface area contributed by atoms with Crippen molar-refractivity contribution in [2.45, 2.75) is 45.1 Å². The van der Waals surface area contributed by atoms with Gasteiger partial charge in [-0.05, 0) is 45.3 Å². The maximum atomic E-state index is 13.4. The fourth-order valence-electron chi connectivity index (χ4n) is 2.92. The Morgan fingerprint density at radius 3 is 2.04 bits per heavy atom. The van der Waals surface area contributed by atoms with Gasteiger partial charge in [0, 0.05) is 18.8 Å². The summed E-state index contributed by atoms with van der Waals surface area (Å²) in [6, 6.07) is 4.02. The zero-order chi connectivity index (χ0) is 18.5. The molecule has 0 aliphatic carbocycles. The van der Waals surface area contributed by atoms with Gasteiger partial charge in [-0.1, -0.05) is 6.07 Å². The van der Waals surface area contributed by atoms with E-state index >= 15 is 0 Å². The number of rotatable bonds is 2. The van der Waals surface area contributed by atoms with Gasteiger partial charge >= 0.3 is 13.3 Å². The molecule has 1 aromatic rings. The predicted molar refractivity (Wildman–Crippen MR) is 90.2 cm³/mol. The van der Waals surface area contributed by atoms with Crippen LogP contribution in [0.15, 0.2) is 18.2 Å². The van der Waals surface area contributed by atoms with Crippen molar-refractivity contribution in [3.8, 4) is 0 Å². The largest absolute Gasteiger partial charge is 0.494 e. The number of hydrogen-bond acceptors (Lipinski definition) is 4. The lowest BCUT2D eigenvalue weighted by Gasteiger charge is -2.32. The summed E-state index contributed by atoms with van der Waals surface area (Å²) in [5, 5.41) is 0. The van der Waals surface area contributed by atoms with E-state index in [4.69, 9.17) is 14.0 Å². The molecule has 0 aromatic heterocycles. The van der Waals surface area contributed by atoms with Gasteiger partial charge in [-0.2, -0.15) is 13.2 Å². The van der Waals surface area contributed by atoms with Crippen LogP contribution in [0.2, 0.25) is 0 Å². The van der Waals surface area contributed by atoms with Gasteiger partial charge in [-0.3, -0.25) is 0 Å². The maximum Gasteiger partial charge on any atom is 0.494 e. The van der Waals surface area contributed by atoms with E-state index in [9.17, 15) is 13.2 Å². The summed E-state index contributed by atoms with van der Waals surface area (Å²) in [6.07, 6.45) is -4.43. The molecule has 2 aliphatic heterocycles. The molecule has 2 fully saturated rings. The molecule has 0 atom stereocenters. The molecule has 0 amide bonds. The molecule has 0 radical (unpaired) electrons. The van der Waals surface area contributed by atoms with Crippen LogP contribution in [0, 0.1) is 0 Å². The number of ether oxygens (including phenoxy) is 1. The quantitative estimate of drug-likeness (QED) is 0.762. The minimum absolute atomic E-state index is 0.384. The van der Waals surface area contributed by atoms with Crippen molar-refractivity contribution in [2.75, 3.05) is 31.2 Å². The molecule has 0 spiro atoms. The molecular formula is C17H23BF3NO3. The maximum absolute atomic E-state index is 13.4. The molecule has 0 bridgehead atoms. The van der Waals surface area contributed by atoms with E-state index in [2.05, 4.69) is 0 Å². The van der Waals surface area contributed by atoms with E-state index < -0.39 is 30.1 Å². The van der Waals surface area contributed by atoms with E-state index in [1.165, 1.54) is 6.07 Å². The fraction of sp³-hybridized carbons (Fsp3) is 0.647. The first-order chi connectivity index (χ1) is 11.5. The fourth-order valence-corrected chi connectivity index (χ4v) is 2.92. The lowest BCUT2D eigenvalue weighted by Crippen LogP contribution is -2.41. The van der Waals surface area contributed by atoms with Crippen LogP contribution in [0.4, 0.5) is 18.9 Å². The van der Waals surface area contributed by atoms with Crippen molar-refractivity contribution in [2.24, 2.45) is 0 Å². The second-order valence-corrected chi connectivity index (χ2v) is 7.50.